The molecule has 1 aliphatic carbocycles. The van der Waals surface area contributed by atoms with Crippen molar-refractivity contribution in [3.8, 4) is 5.75 Å². The number of carbonyl (C=O) groups is 1. The van der Waals surface area contributed by atoms with Gasteiger partial charge in [0.05, 0.1) is 5.56 Å². The summed E-state index contributed by atoms with van der Waals surface area (Å²) in [6, 6.07) is 5.31. The lowest BCUT2D eigenvalue weighted by Crippen LogP contribution is -2.14. The Hall–Kier alpha value is -1.65. The monoisotopic (exact) mass is 349 g/mol. The first kappa shape index (κ1) is 17.4. The Labute approximate surface area is 134 Å². The van der Waals surface area contributed by atoms with Crippen LogP contribution >= 0.6 is 15.9 Å². The summed E-state index contributed by atoms with van der Waals surface area (Å²) in [6.45, 7) is 2.51. The second-order valence-corrected chi connectivity index (χ2v) is 5.33. The highest BCUT2D eigenvalue weighted by Gasteiger charge is 2.02. The first-order valence-corrected chi connectivity index (χ1v) is 7.48. The quantitative estimate of drug-likeness (QED) is 0.651. The Morgan fingerprint density at radius 2 is 2.19 bits per heavy atom. The van der Waals surface area contributed by atoms with Gasteiger partial charge in [-0.2, -0.15) is 0 Å². The molecule has 0 amide bonds. The predicted octanol–water partition coefficient (Wildman–Crippen LogP) is 4.27. The van der Waals surface area contributed by atoms with Crippen molar-refractivity contribution in [1.82, 2.24) is 5.32 Å². The van der Waals surface area contributed by atoms with Crippen LogP contribution in [0.15, 0.2) is 58.6 Å². The average Bonchev–Trinajstić information content (AvgIpc) is 2.74. The van der Waals surface area contributed by atoms with Gasteiger partial charge in [0.25, 0.3) is 0 Å². The van der Waals surface area contributed by atoms with E-state index in [4.69, 9.17) is 4.74 Å². The van der Waals surface area contributed by atoms with Gasteiger partial charge in [-0.15, -0.1) is 0 Å². The molecule has 21 heavy (non-hydrogen) atoms. The van der Waals surface area contributed by atoms with Crippen LogP contribution in [0.2, 0.25) is 0 Å². The second kappa shape index (κ2) is 10.1. The Balaban J connectivity index is 0.000000235. The summed E-state index contributed by atoms with van der Waals surface area (Å²) in [7, 11) is 1.78. The number of ether oxygens (including phenoxy) is 1. The molecule has 2 rings (SSSR count). The molecule has 0 heterocycles. The maximum atomic E-state index is 10.6. The number of halogens is 1. The SMILES string of the molecule is CC1=CCC=CC=C1.CNCOc1ccc(Br)cc1C=O. The molecule has 0 atom stereocenters. The standard InChI is InChI=1S/C9H10BrNO2.C8H10/c1-11-6-13-9-3-2-8(10)4-7(9)5-12;1-8-6-4-2-3-5-7-8/h2-5,11H,6H2,1H3;2-4,6-7H,5H2,1H3. The van der Waals surface area contributed by atoms with Crippen molar-refractivity contribution in [3.63, 3.8) is 0 Å². The van der Waals surface area contributed by atoms with Crippen molar-refractivity contribution in [2.75, 3.05) is 13.8 Å². The lowest BCUT2D eigenvalue weighted by atomic mass is 10.2. The van der Waals surface area contributed by atoms with E-state index in [1.165, 1.54) is 5.57 Å². The van der Waals surface area contributed by atoms with Gasteiger partial charge >= 0.3 is 0 Å². The molecule has 0 unspecified atom stereocenters. The molecule has 3 nitrogen and oxygen atoms in total. The Kier molecular flexibility index (Phi) is 8.40. The van der Waals surface area contributed by atoms with Gasteiger partial charge in [-0.05, 0) is 38.6 Å². The average molecular weight is 350 g/mol. The predicted molar refractivity (Wildman–Crippen MR) is 90.7 cm³/mol. The fraction of sp³-hybridized carbons (Fsp3) is 0.235. The van der Waals surface area contributed by atoms with E-state index in [9.17, 15) is 4.79 Å². The van der Waals surface area contributed by atoms with Crippen molar-refractivity contribution in [2.24, 2.45) is 0 Å². The van der Waals surface area contributed by atoms with E-state index in [-0.39, 0.29) is 0 Å². The van der Waals surface area contributed by atoms with Crippen molar-refractivity contribution < 1.29 is 9.53 Å². The Morgan fingerprint density at radius 3 is 2.90 bits per heavy atom. The molecule has 0 spiro atoms. The largest absolute Gasteiger partial charge is 0.478 e. The minimum absolute atomic E-state index is 0.391. The topological polar surface area (TPSA) is 38.3 Å². The number of rotatable bonds is 4. The number of carbonyl (C=O) groups excluding carboxylic acids is 1. The van der Waals surface area contributed by atoms with Gasteiger partial charge in [-0.25, -0.2) is 0 Å². The van der Waals surface area contributed by atoms with E-state index in [1.54, 1.807) is 19.2 Å². The smallest absolute Gasteiger partial charge is 0.153 e. The summed E-state index contributed by atoms with van der Waals surface area (Å²) < 4.78 is 6.14. The van der Waals surface area contributed by atoms with Crippen molar-refractivity contribution in [2.45, 2.75) is 13.3 Å². The van der Waals surface area contributed by atoms with E-state index in [0.29, 0.717) is 18.0 Å². The van der Waals surface area contributed by atoms with E-state index in [0.717, 1.165) is 17.2 Å². The van der Waals surface area contributed by atoms with Crippen molar-refractivity contribution >= 4 is 22.2 Å². The van der Waals surface area contributed by atoms with Crippen LogP contribution in [0.1, 0.15) is 23.7 Å². The number of allylic oxidation sites excluding steroid dienone is 6. The van der Waals surface area contributed by atoms with Crippen LogP contribution in [0, 0.1) is 0 Å². The number of hydrogen-bond acceptors (Lipinski definition) is 3. The summed E-state index contributed by atoms with van der Waals surface area (Å²) in [4.78, 5) is 10.6. The van der Waals surface area contributed by atoms with Gasteiger partial charge in [0.2, 0.25) is 0 Å². The molecule has 0 aromatic heterocycles. The van der Waals surface area contributed by atoms with Crippen LogP contribution in [0.4, 0.5) is 0 Å². The van der Waals surface area contributed by atoms with Crippen LogP contribution in [-0.4, -0.2) is 20.1 Å². The zero-order valence-electron chi connectivity index (χ0n) is 12.3. The van der Waals surface area contributed by atoms with Gasteiger partial charge in [0.15, 0.2) is 6.29 Å². The highest BCUT2D eigenvalue weighted by atomic mass is 79.9. The van der Waals surface area contributed by atoms with Crippen LogP contribution in [0.3, 0.4) is 0 Å². The number of aldehydes is 1. The fourth-order valence-electron chi connectivity index (χ4n) is 1.58. The number of hydrogen-bond donors (Lipinski definition) is 1. The summed E-state index contributed by atoms with van der Waals surface area (Å²) in [6.07, 6.45) is 12.5. The molecule has 0 aliphatic heterocycles. The molecule has 112 valence electrons. The molecule has 1 aromatic carbocycles. The van der Waals surface area contributed by atoms with Gasteiger partial charge in [0, 0.05) is 4.47 Å². The van der Waals surface area contributed by atoms with Crippen molar-refractivity contribution in [3.05, 3.63) is 64.2 Å². The molecule has 0 saturated heterocycles. The van der Waals surface area contributed by atoms with E-state index < -0.39 is 0 Å². The molecule has 1 aromatic rings. The highest BCUT2D eigenvalue weighted by Crippen LogP contribution is 2.21. The molecule has 0 saturated carbocycles. The second-order valence-electron chi connectivity index (χ2n) is 4.41. The maximum absolute atomic E-state index is 10.6. The first-order valence-electron chi connectivity index (χ1n) is 6.69. The van der Waals surface area contributed by atoms with Crippen LogP contribution in [0.5, 0.6) is 5.75 Å². The van der Waals surface area contributed by atoms with Crippen LogP contribution < -0.4 is 10.1 Å². The van der Waals surface area contributed by atoms with Crippen LogP contribution in [-0.2, 0) is 0 Å². The first-order chi connectivity index (χ1) is 10.2. The minimum atomic E-state index is 0.391. The normalized spacial score (nSPS) is 12.8. The summed E-state index contributed by atoms with van der Waals surface area (Å²) in [5.74, 6) is 0.590. The fourth-order valence-corrected chi connectivity index (χ4v) is 1.96. The van der Waals surface area contributed by atoms with Gasteiger partial charge in [-0.3, -0.25) is 10.1 Å². The molecular formula is C17H20BrNO2. The number of benzene rings is 1. The zero-order valence-corrected chi connectivity index (χ0v) is 13.9. The molecular weight excluding hydrogens is 330 g/mol. The van der Waals surface area contributed by atoms with Crippen molar-refractivity contribution in [1.29, 1.82) is 0 Å². The lowest BCUT2D eigenvalue weighted by molar-refractivity contribution is 0.111. The van der Waals surface area contributed by atoms with Crippen LogP contribution in [0.25, 0.3) is 0 Å². The van der Waals surface area contributed by atoms with Gasteiger partial charge in [0.1, 0.15) is 12.5 Å². The lowest BCUT2D eigenvalue weighted by Gasteiger charge is -2.07. The van der Waals surface area contributed by atoms with Gasteiger partial charge in [-0.1, -0.05) is 51.9 Å². The molecule has 0 radical (unpaired) electrons. The molecule has 4 heteroatoms. The number of nitrogens with one attached hydrogen (secondary N) is 1. The molecule has 0 bridgehead atoms. The summed E-state index contributed by atoms with van der Waals surface area (Å²) in [5.41, 5.74) is 1.90. The Bertz CT molecular complexity index is 545. The maximum Gasteiger partial charge on any atom is 0.153 e. The summed E-state index contributed by atoms with van der Waals surface area (Å²) in [5, 5.41) is 2.83. The minimum Gasteiger partial charge on any atom is -0.478 e. The zero-order chi connectivity index (χ0) is 15.5. The molecule has 1 aliphatic rings. The summed E-state index contributed by atoms with van der Waals surface area (Å²) >= 11 is 3.28. The van der Waals surface area contributed by atoms with E-state index >= 15 is 0 Å². The third-order valence-electron chi connectivity index (χ3n) is 2.65. The highest BCUT2D eigenvalue weighted by molar-refractivity contribution is 9.10. The molecule has 1 N–H and O–H groups in total. The van der Waals surface area contributed by atoms with E-state index in [2.05, 4.69) is 58.6 Å². The third kappa shape index (κ3) is 7.06. The van der Waals surface area contributed by atoms with E-state index in [1.807, 2.05) is 6.07 Å². The van der Waals surface area contributed by atoms with Gasteiger partial charge < -0.3 is 4.74 Å². The third-order valence-corrected chi connectivity index (χ3v) is 3.15. The molecule has 0 fully saturated rings. The Morgan fingerprint density at radius 1 is 1.38 bits per heavy atom.